The third kappa shape index (κ3) is 2.33. The molecule has 0 radical (unpaired) electrons. The average Bonchev–Trinajstić information content (AvgIpc) is 2.69. The summed E-state index contributed by atoms with van der Waals surface area (Å²) in [6.07, 6.45) is -0.411. The first-order valence-electron chi connectivity index (χ1n) is 6.86. The molecule has 2 aromatic carbocycles. The van der Waals surface area contributed by atoms with Crippen LogP contribution >= 0.6 is 0 Å². The van der Waals surface area contributed by atoms with Crippen molar-refractivity contribution in [2.75, 3.05) is 7.11 Å². The lowest BCUT2D eigenvalue weighted by Gasteiger charge is -2.21. The maximum atomic E-state index is 12.4. The van der Waals surface area contributed by atoms with Crippen molar-refractivity contribution in [1.82, 2.24) is 0 Å². The zero-order chi connectivity index (χ0) is 17.6. The van der Waals surface area contributed by atoms with Crippen molar-refractivity contribution >= 4 is 5.78 Å². The van der Waals surface area contributed by atoms with E-state index in [1.165, 1.54) is 19.2 Å². The maximum Gasteiger partial charge on any atom is 0.277 e. The Morgan fingerprint density at radius 1 is 1.04 bits per heavy atom. The number of ketones is 1. The molecule has 0 bridgehead atoms. The molecule has 0 saturated heterocycles. The number of hydrogen-bond acceptors (Lipinski definition) is 8. The van der Waals surface area contributed by atoms with E-state index in [1.807, 2.05) is 0 Å². The summed E-state index contributed by atoms with van der Waals surface area (Å²) < 4.78 is 10.0. The van der Waals surface area contributed by atoms with Crippen LogP contribution in [0.3, 0.4) is 0 Å². The molecule has 0 unspecified atom stereocenters. The van der Waals surface area contributed by atoms with E-state index in [0.717, 1.165) is 12.1 Å². The van der Waals surface area contributed by atoms with Gasteiger partial charge in [-0.25, -0.2) is 0 Å². The summed E-state index contributed by atoms with van der Waals surface area (Å²) in [5, 5.41) is 49.3. The smallest absolute Gasteiger partial charge is 0.277 e. The molecule has 0 aliphatic carbocycles. The normalized spacial score (nSPS) is 19.0. The van der Waals surface area contributed by atoms with Gasteiger partial charge in [-0.15, -0.1) is 0 Å². The summed E-state index contributed by atoms with van der Waals surface area (Å²) in [5.74, 6) is -5.16. The van der Waals surface area contributed by atoms with Crippen molar-refractivity contribution in [3.63, 3.8) is 0 Å². The van der Waals surface area contributed by atoms with Gasteiger partial charge in [0.25, 0.3) is 5.79 Å². The molecule has 1 atom stereocenters. The molecule has 0 spiro atoms. The molecule has 3 rings (SSSR count). The zero-order valence-electron chi connectivity index (χ0n) is 12.5. The molecule has 8 nitrogen and oxygen atoms in total. The zero-order valence-corrected chi connectivity index (χ0v) is 12.5. The van der Waals surface area contributed by atoms with Crippen LogP contribution in [0.5, 0.6) is 34.5 Å². The summed E-state index contributed by atoms with van der Waals surface area (Å²) in [6, 6.07) is 4.45. The quantitative estimate of drug-likeness (QED) is 0.561. The highest BCUT2D eigenvalue weighted by molar-refractivity contribution is 6.08. The fraction of sp³-hybridized carbons (Fsp3) is 0.188. The minimum Gasteiger partial charge on any atom is -0.508 e. The third-order valence-electron chi connectivity index (χ3n) is 3.68. The number of methoxy groups -OCH3 is 1. The number of carbonyl (C=O) groups excluding carboxylic acids is 1. The summed E-state index contributed by atoms with van der Waals surface area (Å²) in [4.78, 5) is 12.4. The standard InChI is InChI=1S/C16H14O8/c1-23-14-10(19)2-7(3-11(14)20)6-16(22)15(21)13-9(18)4-8(17)5-12(13)24-16/h2-5,17-20,22H,6H2,1H3/t16-/m1/s1. The molecule has 0 amide bonds. The molecular formula is C16H14O8. The van der Waals surface area contributed by atoms with Gasteiger partial charge in [0.1, 0.15) is 22.8 Å². The third-order valence-corrected chi connectivity index (χ3v) is 3.68. The topological polar surface area (TPSA) is 137 Å². The van der Waals surface area contributed by atoms with Gasteiger partial charge in [0.2, 0.25) is 11.5 Å². The van der Waals surface area contributed by atoms with E-state index in [1.54, 1.807) is 0 Å². The van der Waals surface area contributed by atoms with Gasteiger partial charge >= 0.3 is 0 Å². The van der Waals surface area contributed by atoms with Crippen molar-refractivity contribution in [1.29, 1.82) is 0 Å². The largest absolute Gasteiger partial charge is 0.508 e. The predicted molar refractivity (Wildman–Crippen MR) is 79.7 cm³/mol. The number of hydrogen-bond donors (Lipinski definition) is 5. The minimum atomic E-state index is -2.35. The van der Waals surface area contributed by atoms with Gasteiger partial charge in [-0.3, -0.25) is 4.79 Å². The van der Waals surface area contributed by atoms with Crippen LogP contribution in [0.15, 0.2) is 24.3 Å². The van der Waals surface area contributed by atoms with E-state index in [4.69, 9.17) is 9.47 Å². The number of phenols is 4. The lowest BCUT2D eigenvalue weighted by atomic mass is 9.97. The Labute approximate surface area is 135 Å². The first kappa shape index (κ1) is 15.8. The number of fused-ring (bicyclic) bond motifs is 1. The lowest BCUT2D eigenvalue weighted by molar-refractivity contribution is -0.0889. The first-order chi connectivity index (χ1) is 11.2. The number of rotatable bonds is 3. The van der Waals surface area contributed by atoms with Crippen molar-refractivity contribution in [2.45, 2.75) is 12.2 Å². The lowest BCUT2D eigenvalue weighted by Crippen LogP contribution is -2.42. The van der Waals surface area contributed by atoms with E-state index < -0.39 is 23.7 Å². The van der Waals surface area contributed by atoms with Crippen LogP contribution in [0.25, 0.3) is 0 Å². The van der Waals surface area contributed by atoms with Crippen LogP contribution in [-0.4, -0.2) is 44.2 Å². The number of aromatic hydroxyl groups is 4. The van der Waals surface area contributed by atoms with Crippen molar-refractivity contribution < 1.29 is 39.8 Å². The van der Waals surface area contributed by atoms with Crippen LogP contribution in [0.1, 0.15) is 15.9 Å². The summed E-state index contributed by atoms with van der Waals surface area (Å²) in [6.45, 7) is 0. The monoisotopic (exact) mass is 334 g/mol. The van der Waals surface area contributed by atoms with Crippen LogP contribution in [0, 0.1) is 0 Å². The molecule has 1 aliphatic rings. The SMILES string of the molecule is COc1c(O)cc(C[C@@]2(O)Oc3cc(O)cc(O)c3C2=O)cc1O. The van der Waals surface area contributed by atoms with E-state index >= 15 is 0 Å². The van der Waals surface area contributed by atoms with Gasteiger partial charge in [-0.1, -0.05) is 0 Å². The second-order valence-electron chi connectivity index (χ2n) is 5.40. The highest BCUT2D eigenvalue weighted by Gasteiger charge is 2.48. The molecule has 24 heavy (non-hydrogen) atoms. The highest BCUT2D eigenvalue weighted by Crippen LogP contribution is 2.44. The number of benzene rings is 2. The Morgan fingerprint density at radius 2 is 1.67 bits per heavy atom. The minimum absolute atomic E-state index is 0.143. The number of aliphatic hydroxyl groups is 1. The van der Waals surface area contributed by atoms with E-state index in [9.17, 15) is 30.3 Å². The number of ether oxygens (including phenoxy) is 2. The summed E-state index contributed by atoms with van der Waals surface area (Å²) in [5.41, 5.74) is -0.0598. The maximum absolute atomic E-state index is 12.4. The predicted octanol–water partition coefficient (Wildman–Crippen LogP) is 1.02. The summed E-state index contributed by atoms with van der Waals surface area (Å²) >= 11 is 0. The second-order valence-corrected chi connectivity index (χ2v) is 5.40. The highest BCUT2D eigenvalue weighted by atomic mass is 16.6. The van der Waals surface area contributed by atoms with Gasteiger partial charge in [-0.05, 0) is 17.7 Å². The fourth-order valence-electron chi connectivity index (χ4n) is 2.68. The Bertz CT molecular complexity index is 821. The van der Waals surface area contributed by atoms with Gasteiger partial charge < -0.3 is 35.0 Å². The Hall–Kier alpha value is -3.13. The molecule has 1 heterocycles. The molecule has 0 fully saturated rings. The molecule has 2 aromatic rings. The first-order valence-corrected chi connectivity index (χ1v) is 6.86. The Kier molecular flexibility index (Phi) is 3.42. The number of carbonyl (C=O) groups is 1. The molecule has 0 saturated carbocycles. The van der Waals surface area contributed by atoms with Gasteiger partial charge in [0, 0.05) is 18.6 Å². The van der Waals surface area contributed by atoms with Crippen molar-refractivity contribution in [2.24, 2.45) is 0 Å². The molecule has 126 valence electrons. The van der Waals surface area contributed by atoms with Gasteiger partial charge in [0.05, 0.1) is 7.11 Å². The Balaban J connectivity index is 1.97. The van der Waals surface area contributed by atoms with Gasteiger partial charge in [-0.2, -0.15) is 0 Å². The van der Waals surface area contributed by atoms with E-state index in [2.05, 4.69) is 0 Å². The second kappa shape index (κ2) is 5.20. The average molecular weight is 334 g/mol. The number of phenolic OH excluding ortho intramolecular Hbond substituents is 4. The molecule has 8 heteroatoms. The molecular weight excluding hydrogens is 320 g/mol. The van der Waals surface area contributed by atoms with Gasteiger partial charge in [0.15, 0.2) is 11.5 Å². The number of Topliss-reactive ketones (excluding diaryl/α,β-unsaturated/α-hetero) is 1. The van der Waals surface area contributed by atoms with Crippen LogP contribution in [-0.2, 0) is 6.42 Å². The van der Waals surface area contributed by atoms with Crippen LogP contribution in [0.4, 0.5) is 0 Å². The van der Waals surface area contributed by atoms with E-state index in [-0.39, 0.29) is 39.9 Å². The van der Waals surface area contributed by atoms with Crippen LogP contribution < -0.4 is 9.47 Å². The fourth-order valence-corrected chi connectivity index (χ4v) is 2.68. The molecule has 5 N–H and O–H groups in total. The van der Waals surface area contributed by atoms with Crippen LogP contribution in [0.2, 0.25) is 0 Å². The Morgan fingerprint density at radius 3 is 2.25 bits per heavy atom. The van der Waals surface area contributed by atoms with Crippen molar-refractivity contribution in [3.8, 4) is 34.5 Å². The molecule has 1 aliphatic heterocycles. The molecule has 0 aromatic heterocycles. The summed E-state index contributed by atoms with van der Waals surface area (Å²) in [7, 11) is 1.26. The van der Waals surface area contributed by atoms with E-state index in [0.29, 0.717) is 0 Å². The van der Waals surface area contributed by atoms with Crippen molar-refractivity contribution in [3.05, 3.63) is 35.4 Å².